The number of nitrogens with two attached hydrogens (primary N) is 1. The zero-order valence-electron chi connectivity index (χ0n) is 28.0. The Hall–Kier alpha value is -4.24. The van der Waals surface area contributed by atoms with Gasteiger partial charge in [-0.25, -0.2) is 22.2 Å². The molecule has 0 aliphatic heterocycles. The maximum Gasteiger partial charge on any atom is 0.253 e. The predicted molar refractivity (Wildman–Crippen MR) is 183 cm³/mol. The number of sulfonamides is 1. The summed E-state index contributed by atoms with van der Waals surface area (Å²) in [7, 11) is -3.91. The first kappa shape index (κ1) is 39.2. The number of rotatable bonds is 19. The number of halogens is 2. The second-order valence-electron chi connectivity index (χ2n) is 11.9. The van der Waals surface area contributed by atoms with Crippen LogP contribution in [0.15, 0.2) is 66.7 Å². The van der Waals surface area contributed by atoms with Gasteiger partial charge in [0.05, 0.1) is 17.9 Å². The van der Waals surface area contributed by atoms with E-state index in [9.17, 15) is 36.7 Å². The Labute approximate surface area is 286 Å². The van der Waals surface area contributed by atoms with E-state index in [0.717, 1.165) is 12.1 Å². The molecule has 0 aromatic heterocycles. The summed E-state index contributed by atoms with van der Waals surface area (Å²) in [4.78, 5) is 43.4. The van der Waals surface area contributed by atoms with Crippen LogP contribution in [0, 0.1) is 11.6 Å². The summed E-state index contributed by atoms with van der Waals surface area (Å²) >= 11 is 0. The third-order valence-electron chi connectivity index (χ3n) is 7.53. The maximum atomic E-state index is 14.1. The van der Waals surface area contributed by atoms with Gasteiger partial charge in [0.2, 0.25) is 15.9 Å². The number of carbonyl (C=O) groups excluding carboxylic acids is 3. The quantitative estimate of drug-likeness (QED) is 0.138. The molecule has 3 aromatic rings. The van der Waals surface area contributed by atoms with E-state index >= 15 is 0 Å². The van der Waals surface area contributed by atoms with E-state index in [1.165, 1.54) is 23.2 Å². The highest BCUT2D eigenvalue weighted by Gasteiger charge is 2.28. The number of aliphatic hydroxyl groups is 1. The number of carbonyl (C=O) groups is 3. The molecule has 5 N–H and O–H groups in total. The van der Waals surface area contributed by atoms with Crippen molar-refractivity contribution in [3.8, 4) is 0 Å². The van der Waals surface area contributed by atoms with Crippen LogP contribution in [-0.4, -0.2) is 79.5 Å². The highest BCUT2D eigenvalue weighted by Crippen LogP contribution is 2.17. The van der Waals surface area contributed by atoms with Crippen molar-refractivity contribution < 1.29 is 36.7 Å². The van der Waals surface area contributed by atoms with Gasteiger partial charge in [0.25, 0.3) is 11.8 Å². The normalized spacial score (nSPS) is 12.8. The molecule has 0 spiro atoms. The Morgan fingerprint density at radius 1 is 0.816 bits per heavy atom. The standard InChI is InChI=1S/C35H45F2N5O6S/c1-4-12-41(13-5-2)35(46)28-19-26(33(38)44)18-27(20-28)34(45)39-31(17-25-15-29(36)21-30(37)16-25)32(43)22-42(14-6-3)40-49(47,48)23-24-10-8-7-9-11-24/h7-11,15-16,18-21,31-32,40,43H,4-6,12-14,17,22-23H2,1-3H3,(H2,38,44)(H,39,45). The molecule has 3 aromatic carbocycles. The van der Waals surface area contributed by atoms with Crippen molar-refractivity contribution in [2.75, 3.05) is 26.2 Å². The molecule has 0 aliphatic rings. The molecule has 0 heterocycles. The summed E-state index contributed by atoms with van der Waals surface area (Å²) in [6, 6.07) is 14.0. The lowest BCUT2D eigenvalue weighted by molar-refractivity contribution is 0.0618. The molecule has 2 atom stereocenters. The highest BCUT2D eigenvalue weighted by molar-refractivity contribution is 7.88. The Balaban J connectivity index is 1.94. The van der Waals surface area contributed by atoms with Gasteiger partial charge in [-0.2, -0.15) is 0 Å². The molecule has 0 aliphatic carbocycles. The van der Waals surface area contributed by atoms with Gasteiger partial charge in [-0.1, -0.05) is 51.1 Å². The van der Waals surface area contributed by atoms with E-state index in [4.69, 9.17) is 5.73 Å². The number of nitrogens with one attached hydrogen (secondary N) is 2. The summed E-state index contributed by atoms with van der Waals surface area (Å²) in [5.41, 5.74) is 6.07. The molecule has 2 unspecified atom stereocenters. The van der Waals surface area contributed by atoms with Crippen LogP contribution in [-0.2, 0) is 22.2 Å². The molecule has 266 valence electrons. The molecule has 0 radical (unpaired) electrons. The van der Waals surface area contributed by atoms with E-state index in [1.54, 1.807) is 35.2 Å². The van der Waals surface area contributed by atoms with Crippen LogP contribution >= 0.6 is 0 Å². The summed E-state index contributed by atoms with van der Waals surface area (Å²) in [6.07, 6.45) is 0.154. The molecular weight excluding hydrogens is 656 g/mol. The number of primary amides is 1. The van der Waals surface area contributed by atoms with Crippen molar-refractivity contribution >= 4 is 27.7 Å². The first-order chi connectivity index (χ1) is 23.2. The fraction of sp³-hybridized carbons (Fsp3) is 0.400. The molecule has 3 rings (SSSR count). The number of hydrogen-bond donors (Lipinski definition) is 4. The van der Waals surface area contributed by atoms with Gasteiger partial charge < -0.3 is 21.1 Å². The molecular formula is C35H45F2N5O6S. The number of hydrazine groups is 1. The monoisotopic (exact) mass is 701 g/mol. The fourth-order valence-corrected chi connectivity index (χ4v) is 6.65. The molecule has 11 nitrogen and oxygen atoms in total. The topological polar surface area (TPSA) is 162 Å². The maximum absolute atomic E-state index is 14.1. The molecule has 49 heavy (non-hydrogen) atoms. The Kier molecular flexibility index (Phi) is 14.8. The van der Waals surface area contributed by atoms with Crippen molar-refractivity contribution in [2.24, 2.45) is 5.73 Å². The van der Waals surface area contributed by atoms with Crippen LogP contribution in [0.5, 0.6) is 0 Å². The lowest BCUT2D eigenvalue weighted by Crippen LogP contribution is -2.53. The number of amides is 3. The van der Waals surface area contributed by atoms with E-state index < -0.39 is 51.5 Å². The van der Waals surface area contributed by atoms with Gasteiger partial charge in [-0.05, 0) is 67.1 Å². The van der Waals surface area contributed by atoms with Gasteiger partial charge in [0, 0.05) is 48.9 Å². The molecule has 0 bridgehead atoms. The average Bonchev–Trinajstić information content (AvgIpc) is 3.03. The zero-order chi connectivity index (χ0) is 36.1. The van der Waals surface area contributed by atoms with E-state index in [1.807, 2.05) is 20.8 Å². The van der Waals surface area contributed by atoms with Crippen molar-refractivity contribution in [1.82, 2.24) is 20.1 Å². The molecule has 3 amide bonds. The average molecular weight is 702 g/mol. The number of hydrogen-bond acceptors (Lipinski definition) is 7. The van der Waals surface area contributed by atoms with Crippen molar-refractivity contribution in [2.45, 2.75) is 64.4 Å². The van der Waals surface area contributed by atoms with E-state index in [2.05, 4.69) is 10.1 Å². The minimum Gasteiger partial charge on any atom is -0.390 e. The lowest BCUT2D eigenvalue weighted by Gasteiger charge is -2.30. The van der Waals surface area contributed by atoms with Crippen LogP contribution in [0.1, 0.15) is 82.2 Å². The zero-order valence-corrected chi connectivity index (χ0v) is 28.8. The summed E-state index contributed by atoms with van der Waals surface area (Å²) in [5.74, 6) is -4.12. The fourth-order valence-electron chi connectivity index (χ4n) is 5.40. The van der Waals surface area contributed by atoms with Crippen molar-refractivity contribution in [3.05, 3.63) is 106 Å². The molecule has 0 fully saturated rings. The number of aliphatic hydroxyl groups excluding tert-OH is 1. The molecule has 0 saturated heterocycles. The van der Waals surface area contributed by atoms with Gasteiger partial charge in [-0.3, -0.25) is 14.4 Å². The van der Waals surface area contributed by atoms with Crippen LogP contribution in [0.3, 0.4) is 0 Å². The summed E-state index contributed by atoms with van der Waals surface area (Å²) in [5, 5.41) is 15.4. The van der Waals surface area contributed by atoms with Gasteiger partial charge in [0.15, 0.2) is 0 Å². The van der Waals surface area contributed by atoms with E-state index in [0.29, 0.717) is 44.0 Å². The minimum atomic E-state index is -3.91. The second-order valence-corrected chi connectivity index (χ2v) is 13.6. The van der Waals surface area contributed by atoms with Crippen LogP contribution in [0.4, 0.5) is 8.78 Å². The van der Waals surface area contributed by atoms with Crippen molar-refractivity contribution in [1.29, 1.82) is 0 Å². The minimum absolute atomic E-state index is 0.0644. The lowest BCUT2D eigenvalue weighted by atomic mass is 9.99. The Morgan fingerprint density at radius 3 is 1.96 bits per heavy atom. The smallest absolute Gasteiger partial charge is 0.253 e. The summed E-state index contributed by atoms with van der Waals surface area (Å²) in [6.45, 7) is 6.44. The SMILES string of the molecule is CCCN(CC(O)C(Cc1cc(F)cc(F)c1)NC(=O)c1cc(C(N)=O)cc(C(=O)N(CCC)CCC)c1)NS(=O)(=O)Cc1ccccc1. The second kappa shape index (κ2) is 18.5. The van der Waals surface area contributed by atoms with E-state index in [-0.39, 0.29) is 47.5 Å². The third kappa shape index (κ3) is 12.3. The third-order valence-corrected chi connectivity index (χ3v) is 8.78. The summed E-state index contributed by atoms with van der Waals surface area (Å²) < 4.78 is 54.3. The highest BCUT2D eigenvalue weighted by atomic mass is 32.2. The van der Waals surface area contributed by atoms with Crippen LogP contribution in [0.25, 0.3) is 0 Å². The van der Waals surface area contributed by atoms with Gasteiger partial charge >= 0.3 is 0 Å². The number of nitrogens with zero attached hydrogens (tertiary/aromatic N) is 2. The van der Waals surface area contributed by atoms with Crippen LogP contribution in [0.2, 0.25) is 0 Å². The number of benzene rings is 3. The largest absolute Gasteiger partial charge is 0.390 e. The van der Waals surface area contributed by atoms with Gasteiger partial charge in [0.1, 0.15) is 11.6 Å². The van der Waals surface area contributed by atoms with Crippen molar-refractivity contribution in [3.63, 3.8) is 0 Å². The van der Waals surface area contributed by atoms with Gasteiger partial charge in [-0.15, -0.1) is 4.83 Å². The first-order valence-corrected chi connectivity index (χ1v) is 17.9. The Morgan fingerprint density at radius 2 is 1.39 bits per heavy atom. The Bertz CT molecular complexity index is 1670. The molecule has 14 heteroatoms. The predicted octanol–water partition coefficient (Wildman–Crippen LogP) is 3.77. The molecule has 0 saturated carbocycles. The first-order valence-electron chi connectivity index (χ1n) is 16.2. The van der Waals surface area contributed by atoms with Crippen LogP contribution < -0.4 is 15.9 Å².